The van der Waals surface area contributed by atoms with E-state index in [4.69, 9.17) is 12.2 Å². The molecule has 1 heterocycles. The highest BCUT2D eigenvalue weighted by Gasteiger charge is 2.04. The number of aromatic amines is 1. The summed E-state index contributed by atoms with van der Waals surface area (Å²) in [4.78, 5) is 3.26. The largest absolute Gasteiger partial charge is 0.331 e. The highest BCUT2D eigenvalue weighted by molar-refractivity contribution is 7.71. The molecule has 3 aromatic carbocycles. The smallest absolute Gasteiger partial charge is 0.178 e. The summed E-state index contributed by atoms with van der Waals surface area (Å²) in [6.07, 6.45) is 0. The fraction of sp³-hybridized carbons (Fsp3) is 0.0556. The Bertz CT molecular complexity index is 995. The van der Waals surface area contributed by atoms with Gasteiger partial charge < -0.3 is 9.55 Å². The standard InChI is InChI=1S/C18H14N2S/c21-18-19-16-7-3-4-8-17(16)20(18)12-13-9-10-14-5-1-2-6-15(14)11-13/h1-11H,12H2,(H,19,21). The Kier molecular flexibility index (Phi) is 2.86. The van der Waals surface area contributed by atoms with Gasteiger partial charge in [-0.1, -0.05) is 48.5 Å². The van der Waals surface area contributed by atoms with Crippen molar-refractivity contribution in [3.8, 4) is 0 Å². The maximum Gasteiger partial charge on any atom is 0.178 e. The van der Waals surface area contributed by atoms with Gasteiger partial charge in [-0.15, -0.1) is 0 Å². The van der Waals surface area contributed by atoms with Gasteiger partial charge in [0.05, 0.1) is 17.6 Å². The van der Waals surface area contributed by atoms with Crippen molar-refractivity contribution in [3.63, 3.8) is 0 Å². The maximum absolute atomic E-state index is 5.46. The lowest BCUT2D eigenvalue weighted by Crippen LogP contribution is -1.99. The minimum absolute atomic E-state index is 0.768. The summed E-state index contributed by atoms with van der Waals surface area (Å²) < 4.78 is 2.92. The van der Waals surface area contributed by atoms with E-state index in [1.807, 2.05) is 12.1 Å². The molecule has 1 N–H and O–H groups in total. The van der Waals surface area contributed by atoms with Crippen LogP contribution in [0.1, 0.15) is 5.56 Å². The average Bonchev–Trinajstić information content (AvgIpc) is 2.83. The van der Waals surface area contributed by atoms with Crippen LogP contribution in [0, 0.1) is 4.77 Å². The van der Waals surface area contributed by atoms with Crippen molar-refractivity contribution in [2.45, 2.75) is 6.54 Å². The molecule has 0 aliphatic carbocycles. The van der Waals surface area contributed by atoms with E-state index in [1.165, 1.54) is 16.3 Å². The van der Waals surface area contributed by atoms with E-state index in [-0.39, 0.29) is 0 Å². The van der Waals surface area contributed by atoms with E-state index >= 15 is 0 Å². The van der Waals surface area contributed by atoms with Gasteiger partial charge in [-0.3, -0.25) is 0 Å². The minimum Gasteiger partial charge on any atom is -0.331 e. The monoisotopic (exact) mass is 290 g/mol. The second-order valence-electron chi connectivity index (χ2n) is 5.21. The highest BCUT2D eigenvalue weighted by Crippen LogP contribution is 2.19. The van der Waals surface area contributed by atoms with Crippen molar-refractivity contribution in [2.75, 3.05) is 0 Å². The summed E-state index contributed by atoms with van der Waals surface area (Å²) in [7, 11) is 0. The Labute approximate surface area is 127 Å². The lowest BCUT2D eigenvalue weighted by atomic mass is 10.1. The second-order valence-corrected chi connectivity index (χ2v) is 5.60. The number of hydrogen-bond donors (Lipinski definition) is 1. The average molecular weight is 290 g/mol. The number of rotatable bonds is 2. The fourth-order valence-corrected chi connectivity index (χ4v) is 3.06. The first-order chi connectivity index (χ1) is 10.3. The van der Waals surface area contributed by atoms with E-state index < -0.39 is 0 Å². The molecule has 102 valence electrons. The molecule has 3 heteroatoms. The fourth-order valence-electron chi connectivity index (χ4n) is 2.78. The molecular weight excluding hydrogens is 276 g/mol. The zero-order chi connectivity index (χ0) is 14.2. The number of imidazole rings is 1. The molecule has 0 aliphatic heterocycles. The highest BCUT2D eigenvalue weighted by atomic mass is 32.1. The van der Waals surface area contributed by atoms with Crippen LogP contribution in [0.25, 0.3) is 21.8 Å². The van der Waals surface area contributed by atoms with Crippen LogP contribution in [0.3, 0.4) is 0 Å². The van der Waals surface area contributed by atoms with Gasteiger partial charge in [0.1, 0.15) is 0 Å². The van der Waals surface area contributed by atoms with Gasteiger partial charge in [0.2, 0.25) is 0 Å². The van der Waals surface area contributed by atoms with E-state index in [2.05, 4.69) is 64.1 Å². The topological polar surface area (TPSA) is 20.7 Å². The molecule has 0 saturated heterocycles. The van der Waals surface area contributed by atoms with Crippen LogP contribution in [-0.4, -0.2) is 9.55 Å². The molecule has 0 saturated carbocycles. The molecule has 0 fully saturated rings. The van der Waals surface area contributed by atoms with Crippen LogP contribution in [0.2, 0.25) is 0 Å². The lowest BCUT2D eigenvalue weighted by Gasteiger charge is -2.06. The summed E-state index contributed by atoms with van der Waals surface area (Å²) in [5.74, 6) is 0. The van der Waals surface area contributed by atoms with Gasteiger partial charge >= 0.3 is 0 Å². The van der Waals surface area contributed by atoms with Crippen LogP contribution in [0.4, 0.5) is 0 Å². The van der Waals surface area contributed by atoms with Crippen LogP contribution < -0.4 is 0 Å². The molecule has 0 aliphatic rings. The Balaban J connectivity index is 1.82. The first-order valence-corrected chi connectivity index (χ1v) is 7.37. The molecule has 0 unspecified atom stereocenters. The summed E-state index contributed by atoms with van der Waals surface area (Å²) >= 11 is 5.46. The molecule has 2 nitrogen and oxygen atoms in total. The zero-order valence-electron chi connectivity index (χ0n) is 11.4. The number of benzene rings is 3. The molecular formula is C18H14N2S. The number of aromatic nitrogens is 2. The van der Waals surface area contributed by atoms with E-state index in [9.17, 15) is 0 Å². The third kappa shape index (κ3) is 2.16. The van der Waals surface area contributed by atoms with Crippen LogP contribution >= 0.6 is 12.2 Å². The predicted molar refractivity (Wildman–Crippen MR) is 90.2 cm³/mol. The predicted octanol–water partition coefficient (Wildman–Crippen LogP) is 4.90. The summed E-state index contributed by atoms with van der Waals surface area (Å²) in [6.45, 7) is 0.785. The van der Waals surface area contributed by atoms with Gasteiger partial charge in [0.15, 0.2) is 4.77 Å². The molecule has 0 atom stereocenters. The van der Waals surface area contributed by atoms with Crippen LogP contribution in [0.15, 0.2) is 66.7 Å². The summed E-state index contributed by atoms with van der Waals surface area (Å²) in [5, 5.41) is 2.53. The Morgan fingerprint density at radius 3 is 2.52 bits per heavy atom. The van der Waals surface area contributed by atoms with E-state index in [1.54, 1.807) is 0 Å². The number of H-pyrrole nitrogens is 1. The Morgan fingerprint density at radius 2 is 1.62 bits per heavy atom. The SMILES string of the molecule is S=c1[nH]c2ccccc2n1Cc1ccc2ccccc2c1. The van der Waals surface area contributed by atoms with Crippen molar-refractivity contribution in [1.29, 1.82) is 0 Å². The normalized spacial score (nSPS) is 11.2. The van der Waals surface area contributed by atoms with Crippen molar-refractivity contribution < 1.29 is 0 Å². The van der Waals surface area contributed by atoms with Crippen LogP contribution in [0.5, 0.6) is 0 Å². The van der Waals surface area contributed by atoms with Crippen molar-refractivity contribution in [2.24, 2.45) is 0 Å². The minimum atomic E-state index is 0.768. The Morgan fingerprint density at radius 1 is 0.857 bits per heavy atom. The Hall–Kier alpha value is -2.39. The quantitative estimate of drug-likeness (QED) is 0.521. The molecule has 0 radical (unpaired) electrons. The number of nitrogens with one attached hydrogen (secondary N) is 1. The first kappa shape index (κ1) is 12.4. The number of para-hydroxylation sites is 2. The molecule has 4 aromatic rings. The van der Waals surface area contributed by atoms with Crippen molar-refractivity contribution in [1.82, 2.24) is 9.55 Å². The van der Waals surface area contributed by atoms with Crippen LogP contribution in [-0.2, 0) is 6.54 Å². The number of nitrogens with zero attached hydrogens (tertiary/aromatic N) is 1. The number of fused-ring (bicyclic) bond motifs is 2. The number of hydrogen-bond acceptors (Lipinski definition) is 1. The van der Waals surface area contributed by atoms with Gasteiger partial charge in [0, 0.05) is 0 Å². The van der Waals surface area contributed by atoms with Gasteiger partial charge in [-0.05, 0) is 46.8 Å². The molecule has 0 spiro atoms. The van der Waals surface area contributed by atoms with E-state index in [0.29, 0.717) is 0 Å². The molecule has 21 heavy (non-hydrogen) atoms. The van der Waals surface area contributed by atoms with Gasteiger partial charge in [-0.2, -0.15) is 0 Å². The van der Waals surface area contributed by atoms with Crippen molar-refractivity contribution in [3.05, 3.63) is 77.1 Å². The van der Waals surface area contributed by atoms with Crippen molar-refractivity contribution >= 4 is 34.0 Å². The lowest BCUT2D eigenvalue weighted by molar-refractivity contribution is 0.811. The molecule has 0 bridgehead atoms. The molecule has 0 amide bonds. The summed E-state index contributed by atoms with van der Waals surface area (Å²) in [6, 6.07) is 23.2. The second kappa shape index (κ2) is 4.86. The van der Waals surface area contributed by atoms with E-state index in [0.717, 1.165) is 22.3 Å². The van der Waals surface area contributed by atoms with Gasteiger partial charge in [0.25, 0.3) is 0 Å². The molecule has 1 aromatic heterocycles. The third-order valence-corrected chi connectivity index (χ3v) is 4.16. The van der Waals surface area contributed by atoms with Gasteiger partial charge in [-0.25, -0.2) is 0 Å². The first-order valence-electron chi connectivity index (χ1n) is 6.96. The summed E-state index contributed by atoms with van der Waals surface area (Å²) in [5.41, 5.74) is 3.49. The molecule has 4 rings (SSSR count). The maximum atomic E-state index is 5.46. The third-order valence-electron chi connectivity index (χ3n) is 3.84. The zero-order valence-corrected chi connectivity index (χ0v) is 12.2.